The molecule has 3 nitrogen and oxygen atoms in total. The van der Waals surface area contributed by atoms with E-state index in [0.29, 0.717) is 6.04 Å². The van der Waals surface area contributed by atoms with Crippen LogP contribution in [0, 0.1) is 11.8 Å². The Morgan fingerprint density at radius 1 is 1.11 bits per heavy atom. The minimum atomic E-state index is 0.559. The van der Waals surface area contributed by atoms with Crippen LogP contribution in [-0.2, 0) is 4.74 Å². The first-order chi connectivity index (χ1) is 8.59. The lowest BCUT2D eigenvalue weighted by Crippen LogP contribution is -2.37. The summed E-state index contributed by atoms with van der Waals surface area (Å²) >= 11 is 0. The molecule has 0 aromatic carbocycles. The van der Waals surface area contributed by atoms with Crippen LogP contribution in [0.3, 0.4) is 0 Å². The summed E-state index contributed by atoms with van der Waals surface area (Å²) in [7, 11) is 0. The maximum absolute atomic E-state index is 5.66. The number of hydrogen-bond donors (Lipinski definition) is 1. The molecule has 1 heterocycles. The maximum Gasteiger partial charge on any atom is 0.0594 e. The predicted octanol–water partition coefficient (Wildman–Crippen LogP) is 2.37. The molecule has 18 heavy (non-hydrogen) atoms. The molecule has 3 heteroatoms. The Bertz CT molecular complexity index is 199. The van der Waals surface area contributed by atoms with Crippen LogP contribution >= 0.6 is 0 Å². The summed E-state index contributed by atoms with van der Waals surface area (Å²) in [5, 5.41) is 3.36. The van der Waals surface area contributed by atoms with Gasteiger partial charge in [0.1, 0.15) is 0 Å². The van der Waals surface area contributed by atoms with Gasteiger partial charge >= 0.3 is 0 Å². The summed E-state index contributed by atoms with van der Waals surface area (Å²) in [6.07, 6.45) is 2.74. The minimum Gasteiger partial charge on any atom is -0.379 e. The Balaban J connectivity index is 1.95. The summed E-state index contributed by atoms with van der Waals surface area (Å²) in [6.45, 7) is 15.3. The van der Waals surface area contributed by atoms with E-state index in [2.05, 4.69) is 37.9 Å². The van der Waals surface area contributed by atoms with E-state index < -0.39 is 0 Å². The van der Waals surface area contributed by atoms with Gasteiger partial charge in [0.25, 0.3) is 0 Å². The smallest absolute Gasteiger partial charge is 0.0594 e. The van der Waals surface area contributed by atoms with E-state index in [1.807, 2.05) is 0 Å². The van der Waals surface area contributed by atoms with Crippen LogP contribution < -0.4 is 5.32 Å². The molecule has 0 spiro atoms. The zero-order valence-corrected chi connectivity index (χ0v) is 12.7. The van der Waals surface area contributed by atoms with E-state index in [-0.39, 0.29) is 0 Å². The lowest BCUT2D eigenvalue weighted by atomic mass is 9.87. The van der Waals surface area contributed by atoms with Crippen LogP contribution in [0.2, 0.25) is 0 Å². The molecular weight excluding hydrogens is 224 g/mol. The fraction of sp³-hybridized carbons (Fsp3) is 1.00. The quantitative estimate of drug-likeness (QED) is 0.675. The van der Waals surface area contributed by atoms with Crippen LogP contribution in [0.15, 0.2) is 0 Å². The Labute approximate surface area is 113 Å². The van der Waals surface area contributed by atoms with Gasteiger partial charge in [0.15, 0.2) is 0 Å². The Morgan fingerprint density at radius 3 is 2.33 bits per heavy atom. The number of hydrogen-bond acceptors (Lipinski definition) is 3. The summed E-state index contributed by atoms with van der Waals surface area (Å²) in [4.78, 5) is 2.55. The lowest BCUT2D eigenvalue weighted by molar-refractivity contribution is 0.0835. The summed E-state index contributed by atoms with van der Waals surface area (Å²) < 4.78 is 5.66. The van der Waals surface area contributed by atoms with Crippen molar-refractivity contribution >= 4 is 0 Å². The zero-order chi connectivity index (χ0) is 13.4. The second-order valence-electron chi connectivity index (χ2n) is 6.14. The third-order valence-corrected chi connectivity index (χ3v) is 3.93. The summed E-state index contributed by atoms with van der Waals surface area (Å²) in [6, 6.07) is 0.559. The maximum atomic E-state index is 5.66. The molecule has 0 atom stereocenters. The van der Waals surface area contributed by atoms with E-state index >= 15 is 0 Å². The molecule has 1 saturated heterocycles. The van der Waals surface area contributed by atoms with Crippen molar-refractivity contribution in [3.63, 3.8) is 0 Å². The fourth-order valence-electron chi connectivity index (χ4n) is 2.56. The Morgan fingerprint density at radius 2 is 1.78 bits per heavy atom. The first kappa shape index (κ1) is 15.9. The monoisotopic (exact) mass is 256 g/mol. The molecule has 0 saturated carbocycles. The molecule has 1 fully saturated rings. The van der Waals surface area contributed by atoms with Crippen molar-refractivity contribution in [2.45, 2.75) is 46.6 Å². The molecule has 108 valence electrons. The van der Waals surface area contributed by atoms with Crippen LogP contribution in [0.25, 0.3) is 0 Å². The molecular formula is C15H32N2O. The molecule has 1 rings (SSSR count). The van der Waals surface area contributed by atoms with Crippen molar-refractivity contribution in [2.24, 2.45) is 11.8 Å². The van der Waals surface area contributed by atoms with Crippen LogP contribution in [-0.4, -0.2) is 50.3 Å². The SMILES string of the molecule is CC(C)NCCOCCN1CCC(C(C)C)CC1. The van der Waals surface area contributed by atoms with Crippen LogP contribution in [0.1, 0.15) is 40.5 Å². The molecule has 0 aliphatic carbocycles. The van der Waals surface area contributed by atoms with Crippen molar-refractivity contribution in [1.82, 2.24) is 10.2 Å². The Kier molecular flexibility index (Phi) is 7.87. The molecule has 0 bridgehead atoms. The molecule has 0 aromatic heterocycles. The third-order valence-electron chi connectivity index (χ3n) is 3.93. The van der Waals surface area contributed by atoms with Gasteiger partial charge in [-0.2, -0.15) is 0 Å². The van der Waals surface area contributed by atoms with Gasteiger partial charge in [-0.3, -0.25) is 0 Å². The number of nitrogens with zero attached hydrogens (tertiary/aromatic N) is 1. The normalized spacial score (nSPS) is 19.0. The number of piperidine rings is 1. The number of nitrogens with one attached hydrogen (secondary N) is 1. The van der Waals surface area contributed by atoms with Crippen molar-refractivity contribution in [3.8, 4) is 0 Å². The second kappa shape index (κ2) is 8.89. The highest BCUT2D eigenvalue weighted by Gasteiger charge is 2.20. The highest BCUT2D eigenvalue weighted by molar-refractivity contribution is 4.74. The van der Waals surface area contributed by atoms with Gasteiger partial charge in [0.05, 0.1) is 13.2 Å². The summed E-state index contributed by atoms with van der Waals surface area (Å²) in [5.41, 5.74) is 0. The highest BCUT2D eigenvalue weighted by atomic mass is 16.5. The largest absolute Gasteiger partial charge is 0.379 e. The van der Waals surface area contributed by atoms with Crippen molar-refractivity contribution < 1.29 is 4.74 Å². The number of likely N-dealkylation sites (tertiary alicyclic amines) is 1. The van der Waals surface area contributed by atoms with Crippen molar-refractivity contribution in [3.05, 3.63) is 0 Å². The van der Waals surface area contributed by atoms with E-state index in [4.69, 9.17) is 4.74 Å². The topological polar surface area (TPSA) is 24.5 Å². The predicted molar refractivity (Wildman–Crippen MR) is 78.0 cm³/mol. The standard InChI is InChI=1S/C15H32N2O/c1-13(2)15-5-8-17(9-6-15)10-12-18-11-7-16-14(3)4/h13-16H,5-12H2,1-4H3. The number of ether oxygens (including phenoxy) is 1. The Hall–Kier alpha value is -0.120. The van der Waals surface area contributed by atoms with Gasteiger partial charge in [0.2, 0.25) is 0 Å². The lowest BCUT2D eigenvalue weighted by Gasteiger charge is -2.33. The molecule has 0 radical (unpaired) electrons. The van der Waals surface area contributed by atoms with Gasteiger partial charge in [-0.25, -0.2) is 0 Å². The molecule has 1 aliphatic heterocycles. The molecule has 0 unspecified atom stereocenters. The van der Waals surface area contributed by atoms with Crippen molar-refractivity contribution in [1.29, 1.82) is 0 Å². The number of rotatable bonds is 8. The van der Waals surface area contributed by atoms with E-state index in [0.717, 1.165) is 38.1 Å². The van der Waals surface area contributed by atoms with Gasteiger partial charge in [-0.15, -0.1) is 0 Å². The first-order valence-corrected chi connectivity index (χ1v) is 7.63. The van der Waals surface area contributed by atoms with Gasteiger partial charge < -0.3 is 15.0 Å². The average molecular weight is 256 g/mol. The molecule has 0 aromatic rings. The van der Waals surface area contributed by atoms with Crippen molar-refractivity contribution in [2.75, 3.05) is 39.4 Å². The van der Waals surface area contributed by atoms with Crippen LogP contribution in [0.4, 0.5) is 0 Å². The minimum absolute atomic E-state index is 0.559. The van der Waals surface area contributed by atoms with Crippen LogP contribution in [0.5, 0.6) is 0 Å². The van der Waals surface area contributed by atoms with E-state index in [1.54, 1.807) is 0 Å². The molecule has 1 aliphatic rings. The second-order valence-corrected chi connectivity index (χ2v) is 6.14. The molecule has 1 N–H and O–H groups in total. The fourth-order valence-corrected chi connectivity index (χ4v) is 2.56. The zero-order valence-electron chi connectivity index (χ0n) is 12.7. The third kappa shape index (κ3) is 6.72. The highest BCUT2D eigenvalue weighted by Crippen LogP contribution is 2.23. The van der Waals surface area contributed by atoms with Gasteiger partial charge in [0, 0.05) is 19.1 Å². The van der Waals surface area contributed by atoms with E-state index in [9.17, 15) is 0 Å². The van der Waals surface area contributed by atoms with Gasteiger partial charge in [-0.05, 0) is 37.8 Å². The first-order valence-electron chi connectivity index (χ1n) is 7.63. The summed E-state index contributed by atoms with van der Waals surface area (Å²) in [5.74, 6) is 1.79. The van der Waals surface area contributed by atoms with Gasteiger partial charge in [-0.1, -0.05) is 27.7 Å². The molecule has 0 amide bonds. The van der Waals surface area contributed by atoms with E-state index in [1.165, 1.54) is 25.9 Å². The average Bonchev–Trinajstić information content (AvgIpc) is 2.34.